The Morgan fingerprint density at radius 2 is 2.27 bits per heavy atom. The summed E-state index contributed by atoms with van der Waals surface area (Å²) in [6.07, 6.45) is -3.56. The maximum atomic E-state index is 12.2. The standard InChI is InChI=1S/C7H9F3N4S/c8-7(9,10)5-12-6(15-13-5)14-2-1-4(14)3-11/h4H,1-3,11H2. The van der Waals surface area contributed by atoms with Crippen molar-refractivity contribution in [1.82, 2.24) is 9.36 Å². The summed E-state index contributed by atoms with van der Waals surface area (Å²) in [6, 6.07) is 0.110. The van der Waals surface area contributed by atoms with Crippen LogP contribution in [-0.4, -0.2) is 28.5 Å². The molecule has 1 fully saturated rings. The fourth-order valence-corrected chi connectivity index (χ4v) is 2.17. The maximum Gasteiger partial charge on any atom is 0.452 e. The summed E-state index contributed by atoms with van der Waals surface area (Å²) in [4.78, 5) is 5.21. The first-order valence-corrected chi connectivity index (χ1v) is 5.17. The van der Waals surface area contributed by atoms with Gasteiger partial charge in [-0.3, -0.25) is 0 Å². The van der Waals surface area contributed by atoms with Crippen molar-refractivity contribution in [3.8, 4) is 0 Å². The van der Waals surface area contributed by atoms with Gasteiger partial charge in [0.2, 0.25) is 11.0 Å². The molecular weight excluding hydrogens is 229 g/mol. The van der Waals surface area contributed by atoms with Crippen LogP contribution in [0.3, 0.4) is 0 Å². The highest BCUT2D eigenvalue weighted by atomic mass is 32.1. The van der Waals surface area contributed by atoms with E-state index < -0.39 is 12.0 Å². The quantitative estimate of drug-likeness (QED) is 0.838. The molecule has 84 valence electrons. The van der Waals surface area contributed by atoms with E-state index in [9.17, 15) is 13.2 Å². The van der Waals surface area contributed by atoms with Gasteiger partial charge in [-0.15, -0.1) is 0 Å². The van der Waals surface area contributed by atoms with Gasteiger partial charge in [-0.1, -0.05) is 0 Å². The predicted molar refractivity (Wildman–Crippen MR) is 49.7 cm³/mol. The minimum Gasteiger partial charge on any atom is -0.342 e. The number of hydrogen-bond donors (Lipinski definition) is 1. The summed E-state index contributed by atoms with van der Waals surface area (Å²) in [7, 11) is 0. The Hall–Kier alpha value is -0.890. The molecule has 1 unspecified atom stereocenters. The Morgan fingerprint density at radius 1 is 1.53 bits per heavy atom. The number of hydrogen-bond acceptors (Lipinski definition) is 5. The Balaban J connectivity index is 2.14. The van der Waals surface area contributed by atoms with Crippen LogP contribution in [0.5, 0.6) is 0 Å². The fourth-order valence-electron chi connectivity index (χ4n) is 1.38. The van der Waals surface area contributed by atoms with Gasteiger partial charge in [-0.25, -0.2) is 0 Å². The Labute approximate surface area is 88.1 Å². The first-order chi connectivity index (χ1) is 7.02. The third kappa shape index (κ3) is 1.91. The van der Waals surface area contributed by atoms with Gasteiger partial charge in [-0.2, -0.15) is 22.5 Å². The molecule has 0 amide bonds. The van der Waals surface area contributed by atoms with Gasteiger partial charge >= 0.3 is 6.18 Å². The SMILES string of the molecule is NCC1CCN1c1nc(C(F)(F)F)ns1. The molecule has 1 aromatic heterocycles. The van der Waals surface area contributed by atoms with E-state index in [2.05, 4.69) is 9.36 Å². The Bertz CT molecular complexity index is 348. The van der Waals surface area contributed by atoms with Crippen LogP contribution in [0.25, 0.3) is 0 Å². The largest absolute Gasteiger partial charge is 0.452 e. The van der Waals surface area contributed by atoms with E-state index in [-0.39, 0.29) is 6.04 Å². The Morgan fingerprint density at radius 3 is 2.67 bits per heavy atom. The van der Waals surface area contributed by atoms with Crippen molar-refractivity contribution in [1.29, 1.82) is 0 Å². The molecule has 0 saturated carbocycles. The van der Waals surface area contributed by atoms with Gasteiger partial charge in [0, 0.05) is 30.7 Å². The van der Waals surface area contributed by atoms with Crippen molar-refractivity contribution >= 4 is 16.7 Å². The van der Waals surface area contributed by atoms with Crippen molar-refractivity contribution in [2.45, 2.75) is 18.6 Å². The summed E-state index contributed by atoms with van der Waals surface area (Å²) in [5.74, 6) is -1.06. The zero-order chi connectivity index (χ0) is 11.1. The van der Waals surface area contributed by atoms with Crippen molar-refractivity contribution in [2.75, 3.05) is 18.0 Å². The summed E-state index contributed by atoms with van der Waals surface area (Å²) in [5.41, 5.74) is 5.45. The second-order valence-electron chi connectivity index (χ2n) is 3.27. The molecule has 0 aliphatic carbocycles. The smallest absolute Gasteiger partial charge is 0.342 e. The van der Waals surface area contributed by atoms with Gasteiger partial charge in [-0.05, 0) is 6.42 Å². The number of anilines is 1. The van der Waals surface area contributed by atoms with E-state index in [1.54, 1.807) is 4.90 Å². The van der Waals surface area contributed by atoms with Gasteiger partial charge in [0.25, 0.3) is 0 Å². The second kappa shape index (κ2) is 3.60. The molecular formula is C7H9F3N4S. The lowest BCUT2D eigenvalue weighted by molar-refractivity contribution is -0.144. The van der Waals surface area contributed by atoms with Gasteiger partial charge in [0.05, 0.1) is 0 Å². The molecule has 4 nitrogen and oxygen atoms in total. The number of aromatic nitrogens is 2. The normalized spacial score (nSPS) is 21.6. The lowest BCUT2D eigenvalue weighted by Crippen LogP contribution is -2.51. The van der Waals surface area contributed by atoms with Crippen molar-refractivity contribution < 1.29 is 13.2 Å². The van der Waals surface area contributed by atoms with Gasteiger partial charge in [0.1, 0.15) is 0 Å². The van der Waals surface area contributed by atoms with Crippen molar-refractivity contribution in [2.24, 2.45) is 5.73 Å². The highest BCUT2D eigenvalue weighted by Gasteiger charge is 2.38. The summed E-state index contributed by atoms with van der Waals surface area (Å²) in [5, 5.41) is 0.309. The molecule has 0 radical (unpaired) electrons. The first kappa shape index (κ1) is 10.6. The highest BCUT2D eigenvalue weighted by Crippen LogP contribution is 2.33. The van der Waals surface area contributed by atoms with Crippen LogP contribution in [0.2, 0.25) is 0 Å². The number of alkyl halides is 3. The predicted octanol–water partition coefficient (Wildman–Crippen LogP) is 1.09. The van der Waals surface area contributed by atoms with Crippen LogP contribution in [0, 0.1) is 0 Å². The van der Waals surface area contributed by atoms with E-state index in [4.69, 9.17) is 5.73 Å². The molecule has 2 N–H and O–H groups in total. The minimum absolute atomic E-state index is 0.110. The van der Waals surface area contributed by atoms with Crippen molar-refractivity contribution in [3.05, 3.63) is 5.82 Å². The molecule has 1 aliphatic heterocycles. The molecule has 2 heterocycles. The summed E-state index contributed by atoms with van der Waals surface area (Å²) in [6.45, 7) is 1.13. The first-order valence-electron chi connectivity index (χ1n) is 4.40. The van der Waals surface area contributed by atoms with E-state index in [1.165, 1.54) is 0 Å². The van der Waals surface area contributed by atoms with Crippen molar-refractivity contribution in [3.63, 3.8) is 0 Å². The number of rotatable bonds is 2. The average molecular weight is 238 g/mol. The highest BCUT2D eigenvalue weighted by molar-refractivity contribution is 7.09. The molecule has 8 heteroatoms. The van der Waals surface area contributed by atoms with Gasteiger partial charge < -0.3 is 10.6 Å². The molecule has 0 aromatic carbocycles. The second-order valence-corrected chi connectivity index (χ2v) is 4.00. The summed E-state index contributed by atoms with van der Waals surface area (Å²) < 4.78 is 39.9. The van der Waals surface area contributed by atoms with E-state index in [1.807, 2.05) is 0 Å². The van der Waals surface area contributed by atoms with Crippen LogP contribution in [0.4, 0.5) is 18.3 Å². The molecule has 1 atom stereocenters. The van der Waals surface area contributed by atoms with E-state index in [0.29, 0.717) is 18.2 Å². The average Bonchev–Trinajstić information content (AvgIpc) is 2.51. The molecule has 1 saturated heterocycles. The van der Waals surface area contributed by atoms with Crippen LogP contribution in [-0.2, 0) is 6.18 Å². The molecule has 1 aliphatic rings. The topological polar surface area (TPSA) is 55.0 Å². The van der Waals surface area contributed by atoms with E-state index >= 15 is 0 Å². The van der Waals surface area contributed by atoms with Crippen LogP contribution < -0.4 is 10.6 Å². The fraction of sp³-hybridized carbons (Fsp3) is 0.714. The molecule has 0 spiro atoms. The third-order valence-corrected chi connectivity index (χ3v) is 3.08. The van der Waals surface area contributed by atoms with Crippen LogP contribution in [0.1, 0.15) is 12.2 Å². The minimum atomic E-state index is -4.46. The van der Waals surface area contributed by atoms with Crippen LogP contribution >= 0.6 is 11.5 Å². The molecule has 2 rings (SSSR count). The molecule has 0 bridgehead atoms. The maximum absolute atomic E-state index is 12.2. The number of nitrogens with zero attached hydrogens (tertiary/aromatic N) is 3. The third-order valence-electron chi connectivity index (χ3n) is 2.33. The number of halogens is 3. The Kier molecular flexibility index (Phi) is 2.55. The van der Waals surface area contributed by atoms with Crippen LogP contribution in [0.15, 0.2) is 0 Å². The lowest BCUT2D eigenvalue weighted by Gasteiger charge is -2.39. The van der Waals surface area contributed by atoms with E-state index in [0.717, 1.165) is 18.0 Å². The molecule has 1 aromatic rings. The monoisotopic (exact) mass is 238 g/mol. The summed E-state index contributed by atoms with van der Waals surface area (Å²) >= 11 is 0.769. The zero-order valence-corrected chi connectivity index (χ0v) is 8.48. The number of nitrogens with two attached hydrogens (primary N) is 1. The molecule has 15 heavy (non-hydrogen) atoms. The van der Waals surface area contributed by atoms with Gasteiger partial charge in [0.15, 0.2) is 0 Å². The zero-order valence-electron chi connectivity index (χ0n) is 7.66. The lowest BCUT2D eigenvalue weighted by atomic mass is 10.1.